The van der Waals surface area contributed by atoms with Crippen LogP contribution in [0.3, 0.4) is 0 Å². The molecular weight excluding hydrogens is 392 g/mol. The number of thioether (sulfide) groups is 1. The molecule has 1 N–H and O–H groups in total. The summed E-state index contributed by atoms with van der Waals surface area (Å²) in [5.74, 6) is 0.875. The van der Waals surface area contributed by atoms with Crippen molar-refractivity contribution in [1.82, 2.24) is 20.5 Å². The highest BCUT2D eigenvalue weighted by atomic mass is 32.2. The zero-order valence-electron chi connectivity index (χ0n) is 17.1. The van der Waals surface area contributed by atoms with Gasteiger partial charge in [0.05, 0.1) is 5.75 Å². The fourth-order valence-electron chi connectivity index (χ4n) is 3.87. The van der Waals surface area contributed by atoms with Gasteiger partial charge in [-0.15, -0.1) is 10.2 Å². The topological polar surface area (TPSA) is 67.8 Å². The second-order valence-electron chi connectivity index (χ2n) is 7.75. The van der Waals surface area contributed by atoms with Crippen LogP contribution in [0.1, 0.15) is 32.6 Å². The van der Waals surface area contributed by atoms with E-state index in [4.69, 9.17) is 4.98 Å². The Balaban J connectivity index is 1.51. The average molecular weight is 419 g/mol. The van der Waals surface area contributed by atoms with E-state index in [1.54, 1.807) is 0 Å². The van der Waals surface area contributed by atoms with E-state index in [0.717, 1.165) is 28.9 Å². The molecule has 0 radical (unpaired) electrons. The second-order valence-corrected chi connectivity index (χ2v) is 8.69. The lowest BCUT2D eigenvalue weighted by Crippen LogP contribution is -2.41. The van der Waals surface area contributed by atoms with Gasteiger partial charge in [0.2, 0.25) is 11.1 Å². The number of rotatable bonds is 6. The predicted molar refractivity (Wildman–Crippen MR) is 121 cm³/mol. The maximum atomic E-state index is 12.5. The van der Waals surface area contributed by atoms with Crippen LogP contribution in [0, 0.1) is 5.92 Å². The van der Waals surface area contributed by atoms with E-state index >= 15 is 0 Å². The quantitative estimate of drug-likeness (QED) is 0.571. The molecule has 154 valence electrons. The first-order chi connectivity index (χ1) is 14.7. The molecule has 2 atom stereocenters. The first-order valence-corrected chi connectivity index (χ1v) is 11.5. The lowest BCUT2D eigenvalue weighted by molar-refractivity contribution is -0.119. The summed E-state index contributed by atoms with van der Waals surface area (Å²) in [4.78, 5) is 17.2. The highest BCUT2D eigenvalue weighted by Gasteiger charge is 2.23. The number of hydrogen-bond donors (Lipinski definition) is 1. The van der Waals surface area contributed by atoms with Crippen LogP contribution in [0.4, 0.5) is 0 Å². The molecular formula is C24H26N4OS. The van der Waals surface area contributed by atoms with Crippen molar-refractivity contribution in [2.75, 3.05) is 5.75 Å². The minimum atomic E-state index is 0.0377. The summed E-state index contributed by atoms with van der Waals surface area (Å²) in [6.07, 6.45) is 4.71. The number of amides is 1. The third-order valence-electron chi connectivity index (χ3n) is 5.55. The van der Waals surface area contributed by atoms with Gasteiger partial charge in [-0.3, -0.25) is 4.79 Å². The smallest absolute Gasteiger partial charge is 0.230 e. The van der Waals surface area contributed by atoms with E-state index in [2.05, 4.69) is 22.4 Å². The number of benzene rings is 2. The van der Waals surface area contributed by atoms with Gasteiger partial charge in [-0.2, -0.15) is 0 Å². The first-order valence-electron chi connectivity index (χ1n) is 10.5. The summed E-state index contributed by atoms with van der Waals surface area (Å²) in [6, 6.07) is 20.2. The van der Waals surface area contributed by atoms with Gasteiger partial charge in [0.25, 0.3) is 0 Å². The van der Waals surface area contributed by atoms with Crippen LogP contribution in [0.15, 0.2) is 65.8 Å². The van der Waals surface area contributed by atoms with Crippen molar-refractivity contribution < 1.29 is 4.79 Å². The van der Waals surface area contributed by atoms with Gasteiger partial charge in [0, 0.05) is 17.2 Å². The third kappa shape index (κ3) is 5.05. The average Bonchev–Trinajstić information content (AvgIpc) is 2.80. The van der Waals surface area contributed by atoms with Crippen molar-refractivity contribution in [3.05, 3.63) is 60.7 Å². The molecule has 1 aliphatic carbocycles. The van der Waals surface area contributed by atoms with Gasteiger partial charge in [0.15, 0.2) is 0 Å². The summed E-state index contributed by atoms with van der Waals surface area (Å²) < 4.78 is 0. The Morgan fingerprint density at radius 2 is 1.57 bits per heavy atom. The molecule has 1 aromatic heterocycles. The van der Waals surface area contributed by atoms with Gasteiger partial charge in [-0.05, 0) is 18.8 Å². The second kappa shape index (κ2) is 9.85. The van der Waals surface area contributed by atoms with E-state index in [0.29, 0.717) is 16.8 Å². The maximum absolute atomic E-state index is 12.5. The molecule has 4 rings (SSSR count). The molecule has 3 aromatic rings. The standard InChI is InChI=1S/C24H26N4OS/c1-17-10-8-9-15-20(17)25-21(29)16-30-24-26-22(18-11-4-2-5-12-18)23(27-28-24)19-13-6-3-7-14-19/h2-7,11-14,17,20H,8-10,15-16H2,1H3,(H,25,29). The first kappa shape index (κ1) is 20.5. The lowest BCUT2D eigenvalue weighted by atomic mass is 9.86. The number of hydrogen-bond acceptors (Lipinski definition) is 5. The summed E-state index contributed by atoms with van der Waals surface area (Å²) in [5.41, 5.74) is 3.47. The molecule has 0 spiro atoms. The van der Waals surface area contributed by atoms with Gasteiger partial charge < -0.3 is 5.32 Å². The molecule has 1 aliphatic rings. The molecule has 1 heterocycles. The molecule has 30 heavy (non-hydrogen) atoms. The SMILES string of the molecule is CC1CCCCC1NC(=O)CSc1nnc(-c2ccccc2)c(-c2ccccc2)n1. The molecule has 6 heteroatoms. The Labute approximate surface area is 181 Å². The van der Waals surface area contributed by atoms with Crippen LogP contribution in [-0.4, -0.2) is 32.9 Å². The van der Waals surface area contributed by atoms with E-state index in [1.165, 1.54) is 31.0 Å². The number of carbonyl (C=O) groups excluding carboxylic acids is 1. The van der Waals surface area contributed by atoms with Crippen LogP contribution in [0.25, 0.3) is 22.5 Å². The van der Waals surface area contributed by atoms with Crippen molar-refractivity contribution >= 4 is 17.7 Å². The van der Waals surface area contributed by atoms with Gasteiger partial charge >= 0.3 is 0 Å². The molecule has 2 unspecified atom stereocenters. The Kier molecular flexibility index (Phi) is 6.74. The zero-order valence-corrected chi connectivity index (χ0v) is 17.9. The molecule has 0 bridgehead atoms. The zero-order chi connectivity index (χ0) is 20.8. The largest absolute Gasteiger partial charge is 0.352 e. The highest BCUT2D eigenvalue weighted by molar-refractivity contribution is 7.99. The van der Waals surface area contributed by atoms with Crippen LogP contribution in [0.5, 0.6) is 0 Å². The molecule has 0 saturated heterocycles. The van der Waals surface area contributed by atoms with Gasteiger partial charge in [-0.1, -0.05) is 92.2 Å². The molecule has 2 aromatic carbocycles. The van der Waals surface area contributed by atoms with Crippen molar-refractivity contribution in [2.45, 2.75) is 43.8 Å². The predicted octanol–water partition coefficient (Wildman–Crippen LogP) is 4.99. The van der Waals surface area contributed by atoms with Crippen LogP contribution in [0.2, 0.25) is 0 Å². The fraction of sp³-hybridized carbons (Fsp3) is 0.333. The molecule has 1 saturated carbocycles. The third-order valence-corrected chi connectivity index (χ3v) is 6.39. The van der Waals surface area contributed by atoms with E-state index < -0.39 is 0 Å². The Bertz CT molecular complexity index is 981. The van der Waals surface area contributed by atoms with Crippen LogP contribution >= 0.6 is 11.8 Å². The summed E-state index contributed by atoms with van der Waals surface area (Å²) in [7, 11) is 0. The molecule has 1 amide bonds. The summed E-state index contributed by atoms with van der Waals surface area (Å²) in [5, 5.41) is 12.5. The van der Waals surface area contributed by atoms with Crippen molar-refractivity contribution in [3.8, 4) is 22.5 Å². The van der Waals surface area contributed by atoms with Crippen molar-refractivity contribution in [2.24, 2.45) is 5.92 Å². The summed E-state index contributed by atoms with van der Waals surface area (Å²) >= 11 is 1.33. The molecule has 0 aliphatic heterocycles. The Hall–Kier alpha value is -2.73. The Morgan fingerprint density at radius 1 is 0.933 bits per heavy atom. The number of nitrogens with one attached hydrogen (secondary N) is 1. The van der Waals surface area contributed by atoms with Crippen molar-refractivity contribution in [3.63, 3.8) is 0 Å². The minimum Gasteiger partial charge on any atom is -0.352 e. The normalized spacial score (nSPS) is 18.7. The lowest BCUT2D eigenvalue weighted by Gasteiger charge is -2.29. The maximum Gasteiger partial charge on any atom is 0.230 e. The monoisotopic (exact) mass is 418 g/mol. The van der Waals surface area contributed by atoms with Gasteiger partial charge in [-0.25, -0.2) is 4.98 Å². The highest BCUT2D eigenvalue weighted by Crippen LogP contribution is 2.29. The van der Waals surface area contributed by atoms with E-state index in [9.17, 15) is 4.79 Å². The van der Waals surface area contributed by atoms with Crippen LogP contribution < -0.4 is 5.32 Å². The molecule has 1 fully saturated rings. The van der Waals surface area contributed by atoms with Gasteiger partial charge in [0.1, 0.15) is 11.4 Å². The van der Waals surface area contributed by atoms with E-state index in [1.807, 2.05) is 60.7 Å². The minimum absolute atomic E-state index is 0.0377. The molecule has 5 nitrogen and oxygen atoms in total. The number of aromatic nitrogens is 3. The van der Waals surface area contributed by atoms with Crippen molar-refractivity contribution in [1.29, 1.82) is 0 Å². The van der Waals surface area contributed by atoms with E-state index in [-0.39, 0.29) is 11.9 Å². The number of nitrogens with zero attached hydrogens (tertiary/aromatic N) is 3. The van der Waals surface area contributed by atoms with Crippen LogP contribution in [-0.2, 0) is 4.79 Å². The Morgan fingerprint density at radius 3 is 2.23 bits per heavy atom. The number of carbonyl (C=O) groups is 1. The summed E-state index contributed by atoms with van der Waals surface area (Å²) in [6.45, 7) is 2.22. The fourth-order valence-corrected chi connectivity index (χ4v) is 4.47.